The van der Waals surface area contributed by atoms with Gasteiger partial charge in [0.25, 0.3) is 5.91 Å². The van der Waals surface area contributed by atoms with Crippen LogP contribution in [0.3, 0.4) is 0 Å². The van der Waals surface area contributed by atoms with Crippen molar-refractivity contribution in [2.24, 2.45) is 0 Å². The maximum atomic E-state index is 13.5. The Morgan fingerprint density at radius 1 is 0.968 bits per heavy atom. The van der Waals surface area contributed by atoms with Crippen LogP contribution < -0.4 is 5.32 Å². The van der Waals surface area contributed by atoms with Gasteiger partial charge in [-0.15, -0.1) is 5.10 Å². The van der Waals surface area contributed by atoms with Gasteiger partial charge in [-0.2, -0.15) is 0 Å². The average Bonchev–Trinajstić information content (AvgIpc) is 3.19. The molecule has 1 heterocycles. The van der Waals surface area contributed by atoms with Crippen molar-refractivity contribution in [2.75, 3.05) is 5.32 Å². The van der Waals surface area contributed by atoms with E-state index in [1.165, 1.54) is 12.1 Å². The van der Waals surface area contributed by atoms with E-state index < -0.39 is 5.91 Å². The molecule has 0 aliphatic heterocycles. The number of amides is 1. The summed E-state index contributed by atoms with van der Waals surface area (Å²) in [6.45, 7) is 5.81. The van der Waals surface area contributed by atoms with Crippen LogP contribution in [0.1, 0.15) is 27.3 Å². The molecule has 0 radical (unpaired) electrons. The third-order valence-corrected chi connectivity index (χ3v) is 5.64. The molecule has 5 nitrogen and oxygen atoms in total. The first kappa shape index (κ1) is 20.8. The van der Waals surface area contributed by atoms with E-state index in [0.29, 0.717) is 22.1 Å². The van der Waals surface area contributed by atoms with Crippen LogP contribution in [0.15, 0.2) is 60.7 Å². The molecule has 4 aromatic rings. The molecule has 0 saturated heterocycles. The maximum Gasteiger partial charge on any atom is 0.295 e. The predicted molar refractivity (Wildman–Crippen MR) is 120 cm³/mol. The zero-order valence-corrected chi connectivity index (χ0v) is 18.0. The highest BCUT2D eigenvalue weighted by Crippen LogP contribution is 2.26. The predicted octanol–water partition coefficient (Wildman–Crippen LogP) is 5.90. The second kappa shape index (κ2) is 8.32. The number of nitrogens with one attached hydrogen (secondary N) is 1. The number of aromatic nitrogens is 3. The Kier molecular flexibility index (Phi) is 5.57. The van der Waals surface area contributed by atoms with E-state index in [4.69, 9.17) is 11.6 Å². The number of carbonyl (C=O) groups excluding carboxylic acids is 1. The summed E-state index contributed by atoms with van der Waals surface area (Å²) in [5, 5.41) is 7.87. The first-order valence-electron chi connectivity index (χ1n) is 9.71. The summed E-state index contributed by atoms with van der Waals surface area (Å²) in [4.78, 5) is 17.4. The lowest BCUT2D eigenvalue weighted by Gasteiger charge is -2.11. The summed E-state index contributed by atoms with van der Waals surface area (Å²) in [7, 11) is 0. The summed E-state index contributed by atoms with van der Waals surface area (Å²) in [6, 6.07) is 17.1. The lowest BCUT2D eigenvalue weighted by molar-refractivity contribution is 0.101. The molecule has 0 bridgehead atoms. The molecule has 1 N–H and O–H groups in total. The molecule has 0 fully saturated rings. The van der Waals surface area contributed by atoms with Crippen LogP contribution in [0.4, 0.5) is 10.1 Å². The van der Waals surface area contributed by atoms with Gasteiger partial charge in [-0.05, 0) is 79.9 Å². The number of halogens is 2. The number of hydrogen-bond donors (Lipinski definition) is 1. The fraction of sp³-hybridized carbons (Fsp3) is 0.125. The minimum Gasteiger partial charge on any atom is -0.319 e. The monoisotopic (exact) mass is 434 g/mol. The second-order valence-electron chi connectivity index (χ2n) is 7.26. The van der Waals surface area contributed by atoms with Gasteiger partial charge in [-0.25, -0.2) is 14.1 Å². The highest BCUT2D eigenvalue weighted by molar-refractivity contribution is 6.31. The van der Waals surface area contributed by atoms with Crippen LogP contribution in [-0.2, 0) is 0 Å². The van der Waals surface area contributed by atoms with Gasteiger partial charge >= 0.3 is 0 Å². The van der Waals surface area contributed by atoms with E-state index in [0.717, 1.165) is 22.4 Å². The van der Waals surface area contributed by atoms with Crippen LogP contribution >= 0.6 is 11.6 Å². The van der Waals surface area contributed by atoms with Gasteiger partial charge in [0.05, 0.1) is 5.69 Å². The summed E-state index contributed by atoms with van der Waals surface area (Å²) in [5.74, 6) is -0.366. The van der Waals surface area contributed by atoms with Crippen LogP contribution in [-0.4, -0.2) is 20.7 Å². The van der Waals surface area contributed by atoms with E-state index in [-0.39, 0.29) is 11.6 Å². The minimum atomic E-state index is -0.460. The van der Waals surface area contributed by atoms with Crippen molar-refractivity contribution in [3.63, 3.8) is 0 Å². The first-order valence-corrected chi connectivity index (χ1v) is 10.1. The Morgan fingerprint density at radius 3 is 2.42 bits per heavy atom. The van der Waals surface area contributed by atoms with E-state index >= 15 is 0 Å². The smallest absolute Gasteiger partial charge is 0.295 e. The maximum absolute atomic E-state index is 13.5. The first-order chi connectivity index (χ1) is 14.8. The number of nitrogens with zero attached hydrogens (tertiary/aromatic N) is 3. The molecule has 1 amide bonds. The Hall–Kier alpha value is -3.51. The van der Waals surface area contributed by atoms with Gasteiger partial charge in [-0.3, -0.25) is 4.79 Å². The zero-order chi connectivity index (χ0) is 22.1. The molecule has 0 spiro atoms. The van der Waals surface area contributed by atoms with Gasteiger partial charge in [0.1, 0.15) is 5.82 Å². The van der Waals surface area contributed by atoms with Crippen LogP contribution in [0, 0.1) is 26.6 Å². The van der Waals surface area contributed by atoms with Crippen LogP contribution in [0.25, 0.3) is 17.1 Å². The van der Waals surface area contributed by atoms with Crippen molar-refractivity contribution >= 4 is 23.2 Å². The Morgan fingerprint density at radius 2 is 1.68 bits per heavy atom. The number of carbonyl (C=O) groups is 1. The highest BCUT2D eigenvalue weighted by Gasteiger charge is 2.21. The molecule has 156 valence electrons. The molecule has 4 rings (SSSR count). The zero-order valence-electron chi connectivity index (χ0n) is 17.3. The number of benzene rings is 3. The largest absolute Gasteiger partial charge is 0.319 e. The van der Waals surface area contributed by atoms with Crippen LogP contribution in [0.5, 0.6) is 0 Å². The molecule has 0 aliphatic carbocycles. The number of anilines is 1. The lowest BCUT2D eigenvalue weighted by atomic mass is 10.1. The molecule has 7 heteroatoms. The molecule has 0 saturated carbocycles. The molecule has 31 heavy (non-hydrogen) atoms. The normalized spacial score (nSPS) is 10.9. The van der Waals surface area contributed by atoms with Crippen molar-refractivity contribution in [2.45, 2.75) is 20.8 Å². The summed E-state index contributed by atoms with van der Waals surface area (Å²) < 4.78 is 15.1. The Bertz CT molecular complexity index is 1280. The standard InChI is InChI=1S/C24H20ClFN4O/c1-14-6-4-9-21(15(14)2)30-23(17-10-12-18(26)13-11-17)28-22(29-30)24(31)27-20-8-5-7-19(25)16(20)3/h4-13H,1-3H3,(H,27,31). The molecule has 0 unspecified atom stereocenters. The molecule has 0 atom stereocenters. The fourth-order valence-corrected chi connectivity index (χ4v) is 3.42. The number of aryl methyl sites for hydroxylation is 1. The molecule has 1 aromatic heterocycles. The van der Waals surface area contributed by atoms with E-state index in [1.807, 2.05) is 39.0 Å². The molecule has 0 aliphatic rings. The molecular weight excluding hydrogens is 415 g/mol. The summed E-state index contributed by atoms with van der Waals surface area (Å²) >= 11 is 6.16. The minimum absolute atomic E-state index is 0.000364. The second-order valence-corrected chi connectivity index (χ2v) is 7.67. The van der Waals surface area contributed by atoms with Gasteiger partial charge in [0.15, 0.2) is 5.82 Å². The Labute approximate surface area is 184 Å². The van der Waals surface area contributed by atoms with Crippen molar-refractivity contribution in [1.29, 1.82) is 0 Å². The van der Waals surface area contributed by atoms with E-state index in [1.54, 1.807) is 35.0 Å². The van der Waals surface area contributed by atoms with Crippen molar-refractivity contribution in [3.8, 4) is 17.1 Å². The van der Waals surface area contributed by atoms with Crippen molar-refractivity contribution in [3.05, 3.63) is 94.0 Å². The van der Waals surface area contributed by atoms with E-state index in [2.05, 4.69) is 15.4 Å². The average molecular weight is 435 g/mol. The third kappa shape index (κ3) is 4.07. The quantitative estimate of drug-likeness (QED) is 0.434. The molecule has 3 aromatic carbocycles. The van der Waals surface area contributed by atoms with E-state index in [9.17, 15) is 9.18 Å². The van der Waals surface area contributed by atoms with Gasteiger partial charge in [-0.1, -0.05) is 29.8 Å². The number of rotatable bonds is 4. The topological polar surface area (TPSA) is 59.8 Å². The number of hydrogen-bond acceptors (Lipinski definition) is 3. The Balaban J connectivity index is 1.81. The van der Waals surface area contributed by atoms with Gasteiger partial charge < -0.3 is 5.32 Å². The SMILES string of the molecule is Cc1cccc(-n2nc(C(=O)Nc3cccc(Cl)c3C)nc2-c2ccc(F)cc2)c1C. The van der Waals surface area contributed by atoms with Gasteiger partial charge in [0, 0.05) is 16.3 Å². The summed E-state index contributed by atoms with van der Waals surface area (Å²) in [6.07, 6.45) is 0. The van der Waals surface area contributed by atoms with Crippen LogP contribution in [0.2, 0.25) is 5.02 Å². The summed E-state index contributed by atoms with van der Waals surface area (Å²) in [5.41, 5.74) is 4.87. The third-order valence-electron chi connectivity index (χ3n) is 5.23. The highest BCUT2D eigenvalue weighted by atomic mass is 35.5. The molecular formula is C24H20ClFN4O. The van der Waals surface area contributed by atoms with Crippen molar-refractivity contribution < 1.29 is 9.18 Å². The lowest BCUT2D eigenvalue weighted by Crippen LogP contribution is -2.15. The fourth-order valence-electron chi connectivity index (χ4n) is 3.25. The van der Waals surface area contributed by atoms with Crippen molar-refractivity contribution in [1.82, 2.24) is 14.8 Å². The van der Waals surface area contributed by atoms with Gasteiger partial charge in [0.2, 0.25) is 5.82 Å².